The molecule has 0 fully saturated rings. The fourth-order valence-corrected chi connectivity index (χ4v) is 1.78. The monoisotopic (exact) mass is 305 g/mol. The Morgan fingerprint density at radius 2 is 2.00 bits per heavy atom. The summed E-state index contributed by atoms with van der Waals surface area (Å²) in [5.74, 6) is 0.588. The fourth-order valence-electron chi connectivity index (χ4n) is 1.66. The highest BCUT2D eigenvalue weighted by Gasteiger charge is 2.05. The average Bonchev–Trinajstić information content (AvgIpc) is 2.53. The number of unbranched alkanes of at least 4 members (excludes halogenated alkanes) is 1. The van der Waals surface area contributed by atoms with Crippen LogP contribution in [0.15, 0.2) is 42.9 Å². The molecule has 0 spiro atoms. The number of amides is 1. The highest BCUT2D eigenvalue weighted by Crippen LogP contribution is 2.15. The van der Waals surface area contributed by atoms with Gasteiger partial charge in [-0.05, 0) is 37.1 Å². The number of halogens is 1. The van der Waals surface area contributed by atoms with Crippen LogP contribution < -0.4 is 10.1 Å². The molecule has 2 aromatic rings. The van der Waals surface area contributed by atoms with E-state index in [-0.39, 0.29) is 5.91 Å². The normalized spacial score (nSPS) is 10.1. The molecule has 1 aromatic heterocycles. The number of nitrogens with zero attached hydrogens (tertiary/aromatic N) is 2. The molecule has 0 aliphatic carbocycles. The van der Waals surface area contributed by atoms with Gasteiger partial charge in [0.05, 0.1) is 12.8 Å². The summed E-state index contributed by atoms with van der Waals surface area (Å²) in [6, 6.07) is 7.24. The van der Waals surface area contributed by atoms with Crippen LogP contribution in [0.3, 0.4) is 0 Å². The Morgan fingerprint density at radius 3 is 2.71 bits per heavy atom. The van der Waals surface area contributed by atoms with Crippen LogP contribution >= 0.6 is 11.6 Å². The van der Waals surface area contributed by atoms with E-state index in [1.165, 1.54) is 18.6 Å². The zero-order valence-electron chi connectivity index (χ0n) is 11.5. The fraction of sp³-hybridized carbons (Fsp3) is 0.267. The summed E-state index contributed by atoms with van der Waals surface area (Å²) in [6.45, 7) is 1.18. The van der Waals surface area contributed by atoms with Gasteiger partial charge in [0.2, 0.25) is 0 Å². The zero-order valence-corrected chi connectivity index (χ0v) is 12.2. The maximum Gasteiger partial charge on any atom is 0.271 e. The van der Waals surface area contributed by atoms with Crippen molar-refractivity contribution < 1.29 is 9.53 Å². The SMILES string of the molecule is O=C(NCCCCOc1ccc(Cl)cc1)c1cnccn1. The van der Waals surface area contributed by atoms with Crippen LogP contribution in [0, 0.1) is 0 Å². The van der Waals surface area contributed by atoms with Crippen molar-refractivity contribution in [2.45, 2.75) is 12.8 Å². The minimum absolute atomic E-state index is 0.207. The van der Waals surface area contributed by atoms with Crippen molar-refractivity contribution in [2.75, 3.05) is 13.2 Å². The van der Waals surface area contributed by atoms with E-state index in [0.717, 1.165) is 18.6 Å². The molecule has 0 radical (unpaired) electrons. The smallest absolute Gasteiger partial charge is 0.271 e. The minimum Gasteiger partial charge on any atom is -0.494 e. The number of ether oxygens (including phenoxy) is 1. The summed E-state index contributed by atoms with van der Waals surface area (Å²) in [6.07, 6.45) is 6.15. The van der Waals surface area contributed by atoms with Crippen molar-refractivity contribution in [1.82, 2.24) is 15.3 Å². The average molecular weight is 306 g/mol. The number of carbonyl (C=O) groups is 1. The number of benzene rings is 1. The molecule has 1 N–H and O–H groups in total. The van der Waals surface area contributed by atoms with Gasteiger partial charge in [-0.15, -0.1) is 0 Å². The van der Waals surface area contributed by atoms with Gasteiger partial charge in [0.25, 0.3) is 5.91 Å². The first-order valence-electron chi connectivity index (χ1n) is 6.68. The van der Waals surface area contributed by atoms with Crippen LogP contribution in [0.2, 0.25) is 5.02 Å². The van der Waals surface area contributed by atoms with Crippen molar-refractivity contribution >= 4 is 17.5 Å². The van der Waals surface area contributed by atoms with Crippen LogP contribution in [-0.4, -0.2) is 29.0 Å². The summed E-state index contributed by atoms with van der Waals surface area (Å²) in [5, 5.41) is 3.48. The van der Waals surface area contributed by atoms with Gasteiger partial charge in [-0.1, -0.05) is 11.6 Å². The first kappa shape index (κ1) is 15.3. The molecule has 0 saturated heterocycles. The van der Waals surface area contributed by atoms with Crippen molar-refractivity contribution in [3.05, 3.63) is 53.6 Å². The van der Waals surface area contributed by atoms with Gasteiger partial charge in [-0.2, -0.15) is 0 Å². The Hall–Kier alpha value is -2.14. The highest BCUT2D eigenvalue weighted by atomic mass is 35.5. The second kappa shape index (κ2) is 8.21. The summed E-state index contributed by atoms with van der Waals surface area (Å²) >= 11 is 5.79. The van der Waals surface area contributed by atoms with Crippen LogP contribution in [-0.2, 0) is 0 Å². The molecular weight excluding hydrogens is 290 g/mol. The van der Waals surface area contributed by atoms with E-state index in [4.69, 9.17) is 16.3 Å². The summed E-state index contributed by atoms with van der Waals surface area (Å²) in [7, 11) is 0. The topological polar surface area (TPSA) is 64.1 Å². The molecule has 5 nitrogen and oxygen atoms in total. The van der Waals surface area contributed by atoms with Gasteiger partial charge in [0, 0.05) is 24.0 Å². The van der Waals surface area contributed by atoms with E-state index in [9.17, 15) is 4.79 Å². The summed E-state index contributed by atoms with van der Waals surface area (Å²) in [4.78, 5) is 19.5. The van der Waals surface area contributed by atoms with Gasteiger partial charge in [-0.3, -0.25) is 9.78 Å². The molecule has 6 heteroatoms. The molecule has 0 aliphatic heterocycles. The summed E-state index contributed by atoms with van der Waals surface area (Å²) < 4.78 is 5.56. The number of rotatable bonds is 7. The first-order chi connectivity index (χ1) is 10.3. The van der Waals surface area contributed by atoms with Gasteiger partial charge in [0.1, 0.15) is 11.4 Å². The third kappa shape index (κ3) is 5.39. The second-order valence-corrected chi connectivity index (χ2v) is 4.79. The molecule has 1 aromatic carbocycles. The number of aromatic nitrogens is 2. The van der Waals surface area contributed by atoms with Crippen LogP contribution in [0.4, 0.5) is 0 Å². The lowest BCUT2D eigenvalue weighted by molar-refractivity contribution is 0.0947. The number of hydrogen-bond donors (Lipinski definition) is 1. The quantitative estimate of drug-likeness (QED) is 0.799. The predicted molar refractivity (Wildman–Crippen MR) is 80.5 cm³/mol. The minimum atomic E-state index is -0.207. The van der Waals surface area contributed by atoms with Gasteiger partial charge >= 0.3 is 0 Å². The number of carbonyl (C=O) groups excluding carboxylic acids is 1. The molecule has 0 saturated carbocycles. The molecule has 1 amide bonds. The van der Waals surface area contributed by atoms with Crippen molar-refractivity contribution in [3.8, 4) is 5.75 Å². The molecular formula is C15H16ClN3O2. The Kier molecular flexibility index (Phi) is 5.97. The molecule has 0 bridgehead atoms. The van der Waals surface area contributed by atoms with Crippen LogP contribution in [0.25, 0.3) is 0 Å². The maximum absolute atomic E-state index is 11.7. The Bertz CT molecular complexity index is 561. The molecule has 0 aliphatic rings. The van der Waals surface area contributed by atoms with Crippen molar-refractivity contribution in [1.29, 1.82) is 0 Å². The first-order valence-corrected chi connectivity index (χ1v) is 7.06. The standard InChI is InChI=1S/C15H16ClN3O2/c16-12-3-5-13(6-4-12)21-10-2-1-7-19-15(20)14-11-17-8-9-18-14/h3-6,8-9,11H,1-2,7,10H2,(H,19,20). The van der Waals surface area contributed by atoms with Crippen molar-refractivity contribution in [2.24, 2.45) is 0 Å². The highest BCUT2D eigenvalue weighted by molar-refractivity contribution is 6.30. The molecule has 2 rings (SSSR count). The molecule has 21 heavy (non-hydrogen) atoms. The lowest BCUT2D eigenvalue weighted by Gasteiger charge is -2.07. The van der Waals surface area contributed by atoms with Crippen LogP contribution in [0.5, 0.6) is 5.75 Å². The Balaban J connectivity index is 1.58. The van der Waals surface area contributed by atoms with Crippen molar-refractivity contribution in [3.63, 3.8) is 0 Å². The van der Waals surface area contributed by atoms with Gasteiger partial charge in [-0.25, -0.2) is 4.98 Å². The van der Waals surface area contributed by atoms with E-state index in [1.807, 2.05) is 12.1 Å². The molecule has 0 atom stereocenters. The van der Waals surface area contributed by atoms with E-state index in [2.05, 4.69) is 15.3 Å². The second-order valence-electron chi connectivity index (χ2n) is 4.36. The van der Waals surface area contributed by atoms with E-state index < -0.39 is 0 Å². The number of hydrogen-bond acceptors (Lipinski definition) is 4. The molecule has 1 heterocycles. The third-order valence-electron chi connectivity index (χ3n) is 2.73. The van der Waals surface area contributed by atoms with Crippen LogP contribution in [0.1, 0.15) is 23.3 Å². The molecule has 0 unspecified atom stereocenters. The lowest BCUT2D eigenvalue weighted by atomic mass is 10.3. The lowest BCUT2D eigenvalue weighted by Crippen LogP contribution is -2.25. The third-order valence-corrected chi connectivity index (χ3v) is 2.99. The summed E-state index contributed by atoms with van der Waals surface area (Å²) in [5.41, 5.74) is 0.329. The molecule has 110 valence electrons. The number of nitrogens with one attached hydrogen (secondary N) is 1. The Morgan fingerprint density at radius 1 is 1.19 bits per heavy atom. The maximum atomic E-state index is 11.7. The predicted octanol–water partition coefficient (Wildman–Crippen LogP) is 2.72. The van der Waals surface area contributed by atoms with E-state index in [0.29, 0.717) is 23.9 Å². The van der Waals surface area contributed by atoms with E-state index in [1.54, 1.807) is 12.1 Å². The zero-order chi connectivity index (χ0) is 14.9. The van der Waals surface area contributed by atoms with E-state index >= 15 is 0 Å². The van der Waals surface area contributed by atoms with Gasteiger partial charge < -0.3 is 10.1 Å². The van der Waals surface area contributed by atoms with Gasteiger partial charge in [0.15, 0.2) is 0 Å². The largest absolute Gasteiger partial charge is 0.494 e. The Labute approximate surface area is 128 Å².